The zero-order chi connectivity index (χ0) is 18.0. The molecule has 0 bridgehead atoms. The Labute approximate surface area is 146 Å². The second-order valence-corrected chi connectivity index (χ2v) is 7.25. The first kappa shape index (κ1) is 20.9. The summed E-state index contributed by atoms with van der Waals surface area (Å²) in [5, 5.41) is 5.90. The van der Waals surface area contributed by atoms with Crippen LogP contribution in [0, 0.1) is 0 Å². The van der Waals surface area contributed by atoms with Gasteiger partial charge in [-0.25, -0.2) is 0 Å². The van der Waals surface area contributed by atoms with Gasteiger partial charge in [0.25, 0.3) is 0 Å². The van der Waals surface area contributed by atoms with Gasteiger partial charge in [-0.1, -0.05) is 0 Å². The molecule has 1 aliphatic rings. The largest absolute Gasteiger partial charge is 0.382 e. The molecule has 0 aromatic rings. The molecule has 1 aliphatic heterocycles. The van der Waals surface area contributed by atoms with Crippen LogP contribution in [-0.2, 0) is 14.3 Å². The summed E-state index contributed by atoms with van der Waals surface area (Å²) in [4.78, 5) is 28.1. The number of carbonyl (C=O) groups excluding carboxylic acids is 2. The second kappa shape index (κ2) is 10.6. The van der Waals surface area contributed by atoms with Crippen LogP contribution in [0.1, 0.15) is 34.1 Å². The number of ether oxygens (including phenoxy) is 1. The standard InChI is InChI=1S/C17H34N4O3/c1-5-24-12-6-7-18-15(22)13-20-8-10-21(11-9-20)14-16(23)19-17(2,3)4/h5-14H2,1-4H3,(H,18,22)(H,19,23). The number of hydrogen-bond donors (Lipinski definition) is 2. The summed E-state index contributed by atoms with van der Waals surface area (Å²) in [6.07, 6.45) is 0.843. The summed E-state index contributed by atoms with van der Waals surface area (Å²) in [5.41, 5.74) is -0.195. The van der Waals surface area contributed by atoms with E-state index in [4.69, 9.17) is 4.74 Å². The minimum Gasteiger partial charge on any atom is -0.382 e. The molecule has 0 saturated carbocycles. The quantitative estimate of drug-likeness (QED) is 0.580. The Morgan fingerprint density at radius 3 is 2.04 bits per heavy atom. The molecule has 0 spiro atoms. The lowest BCUT2D eigenvalue weighted by Gasteiger charge is -2.34. The number of amides is 2. The molecule has 0 unspecified atom stereocenters. The van der Waals surface area contributed by atoms with Crippen LogP contribution in [0.3, 0.4) is 0 Å². The molecule has 0 aliphatic carbocycles. The van der Waals surface area contributed by atoms with Crippen LogP contribution >= 0.6 is 0 Å². The molecule has 0 radical (unpaired) electrons. The van der Waals surface area contributed by atoms with Gasteiger partial charge in [-0.05, 0) is 34.1 Å². The fraction of sp³-hybridized carbons (Fsp3) is 0.882. The van der Waals surface area contributed by atoms with Crippen molar-refractivity contribution >= 4 is 11.8 Å². The van der Waals surface area contributed by atoms with E-state index >= 15 is 0 Å². The highest BCUT2D eigenvalue weighted by Crippen LogP contribution is 2.03. The summed E-state index contributed by atoms with van der Waals surface area (Å²) in [7, 11) is 0. The zero-order valence-corrected chi connectivity index (χ0v) is 15.7. The minimum absolute atomic E-state index is 0.0583. The average Bonchev–Trinajstić information content (AvgIpc) is 2.47. The Balaban J connectivity index is 2.14. The summed E-state index contributed by atoms with van der Waals surface area (Å²) < 4.78 is 5.24. The summed E-state index contributed by atoms with van der Waals surface area (Å²) >= 11 is 0. The van der Waals surface area contributed by atoms with Gasteiger partial charge in [0.05, 0.1) is 13.1 Å². The smallest absolute Gasteiger partial charge is 0.234 e. The van der Waals surface area contributed by atoms with E-state index in [0.717, 1.165) is 32.6 Å². The summed E-state index contributed by atoms with van der Waals surface area (Å²) in [6, 6.07) is 0. The molecule has 1 fully saturated rings. The highest BCUT2D eigenvalue weighted by molar-refractivity contribution is 5.79. The Morgan fingerprint density at radius 2 is 1.54 bits per heavy atom. The lowest BCUT2D eigenvalue weighted by atomic mass is 10.1. The minimum atomic E-state index is -0.195. The van der Waals surface area contributed by atoms with Crippen molar-refractivity contribution in [2.45, 2.75) is 39.7 Å². The van der Waals surface area contributed by atoms with Crippen molar-refractivity contribution in [3.63, 3.8) is 0 Å². The molecule has 2 amide bonds. The SMILES string of the molecule is CCOCCCNC(=O)CN1CCN(CC(=O)NC(C)(C)C)CC1. The number of nitrogens with zero attached hydrogens (tertiary/aromatic N) is 2. The van der Waals surface area contributed by atoms with Crippen LogP contribution in [-0.4, -0.2) is 86.2 Å². The molecular formula is C17H34N4O3. The molecule has 140 valence electrons. The lowest BCUT2D eigenvalue weighted by Crippen LogP contribution is -2.53. The van der Waals surface area contributed by atoms with Crippen molar-refractivity contribution in [2.75, 3.05) is 59.0 Å². The second-order valence-electron chi connectivity index (χ2n) is 7.25. The molecule has 1 rings (SSSR count). The predicted octanol–water partition coefficient (Wildman–Crippen LogP) is 0.0615. The van der Waals surface area contributed by atoms with Gasteiger partial charge in [0.1, 0.15) is 0 Å². The highest BCUT2D eigenvalue weighted by atomic mass is 16.5. The molecule has 7 heteroatoms. The normalized spacial score (nSPS) is 16.8. The molecular weight excluding hydrogens is 308 g/mol. The van der Waals surface area contributed by atoms with E-state index in [2.05, 4.69) is 20.4 Å². The van der Waals surface area contributed by atoms with E-state index < -0.39 is 0 Å². The molecule has 2 N–H and O–H groups in total. The molecule has 0 atom stereocenters. The van der Waals surface area contributed by atoms with E-state index in [1.807, 2.05) is 27.7 Å². The molecule has 1 saturated heterocycles. The van der Waals surface area contributed by atoms with Crippen molar-refractivity contribution in [3.05, 3.63) is 0 Å². The van der Waals surface area contributed by atoms with E-state index in [9.17, 15) is 9.59 Å². The molecule has 0 aromatic heterocycles. The summed E-state index contributed by atoms with van der Waals surface area (Å²) in [6.45, 7) is 14.1. The Morgan fingerprint density at radius 1 is 1.00 bits per heavy atom. The van der Waals surface area contributed by atoms with Gasteiger partial charge in [0.15, 0.2) is 0 Å². The maximum Gasteiger partial charge on any atom is 0.234 e. The Kier molecular flexibility index (Phi) is 9.25. The first-order valence-corrected chi connectivity index (χ1v) is 8.90. The van der Waals surface area contributed by atoms with Crippen molar-refractivity contribution < 1.29 is 14.3 Å². The van der Waals surface area contributed by atoms with Crippen molar-refractivity contribution in [1.29, 1.82) is 0 Å². The molecule has 1 heterocycles. The van der Waals surface area contributed by atoms with Crippen LogP contribution in [0.25, 0.3) is 0 Å². The third-order valence-electron chi connectivity index (χ3n) is 3.71. The van der Waals surface area contributed by atoms with Crippen molar-refractivity contribution in [1.82, 2.24) is 20.4 Å². The topological polar surface area (TPSA) is 73.9 Å². The van der Waals surface area contributed by atoms with Crippen molar-refractivity contribution in [2.24, 2.45) is 0 Å². The van der Waals surface area contributed by atoms with Gasteiger partial charge in [0.2, 0.25) is 11.8 Å². The van der Waals surface area contributed by atoms with E-state index in [1.165, 1.54) is 0 Å². The van der Waals surface area contributed by atoms with Gasteiger partial charge >= 0.3 is 0 Å². The van der Waals surface area contributed by atoms with E-state index in [1.54, 1.807) is 0 Å². The highest BCUT2D eigenvalue weighted by Gasteiger charge is 2.22. The Hall–Kier alpha value is -1.18. The predicted molar refractivity (Wildman–Crippen MR) is 94.9 cm³/mol. The molecule has 24 heavy (non-hydrogen) atoms. The number of rotatable bonds is 9. The number of nitrogens with one attached hydrogen (secondary N) is 2. The third kappa shape index (κ3) is 9.85. The number of piperazine rings is 1. The monoisotopic (exact) mass is 342 g/mol. The van der Waals surface area contributed by atoms with Crippen LogP contribution in [0.15, 0.2) is 0 Å². The number of carbonyl (C=O) groups is 2. The third-order valence-corrected chi connectivity index (χ3v) is 3.71. The van der Waals surface area contributed by atoms with Crippen LogP contribution in [0.2, 0.25) is 0 Å². The van der Waals surface area contributed by atoms with Gasteiger partial charge < -0.3 is 15.4 Å². The fourth-order valence-corrected chi connectivity index (χ4v) is 2.57. The molecule has 0 aromatic carbocycles. The zero-order valence-electron chi connectivity index (χ0n) is 15.7. The Bertz CT molecular complexity index is 388. The first-order chi connectivity index (χ1) is 11.3. The van der Waals surface area contributed by atoms with E-state index in [-0.39, 0.29) is 17.4 Å². The number of hydrogen-bond acceptors (Lipinski definition) is 5. The van der Waals surface area contributed by atoms with Gasteiger partial charge in [0, 0.05) is 51.5 Å². The van der Waals surface area contributed by atoms with Gasteiger partial charge in [-0.3, -0.25) is 19.4 Å². The van der Waals surface area contributed by atoms with Crippen LogP contribution < -0.4 is 10.6 Å². The van der Waals surface area contributed by atoms with E-state index in [0.29, 0.717) is 32.8 Å². The summed E-state index contributed by atoms with van der Waals surface area (Å²) in [5.74, 6) is 0.119. The lowest BCUT2D eigenvalue weighted by molar-refractivity contribution is -0.125. The molecule has 7 nitrogen and oxygen atoms in total. The maximum atomic E-state index is 11.9. The first-order valence-electron chi connectivity index (χ1n) is 8.90. The maximum absolute atomic E-state index is 11.9. The van der Waals surface area contributed by atoms with Crippen LogP contribution in [0.4, 0.5) is 0 Å². The fourth-order valence-electron chi connectivity index (χ4n) is 2.57. The van der Waals surface area contributed by atoms with Crippen LogP contribution in [0.5, 0.6) is 0 Å². The van der Waals surface area contributed by atoms with Gasteiger partial charge in [-0.2, -0.15) is 0 Å². The van der Waals surface area contributed by atoms with Crippen molar-refractivity contribution in [3.8, 4) is 0 Å². The average molecular weight is 342 g/mol. The van der Waals surface area contributed by atoms with Gasteiger partial charge in [-0.15, -0.1) is 0 Å².